The highest BCUT2D eigenvalue weighted by atomic mass is 16.1. The van der Waals surface area contributed by atoms with Gasteiger partial charge in [0, 0.05) is 30.4 Å². The lowest BCUT2D eigenvalue weighted by Crippen LogP contribution is -2.04. The van der Waals surface area contributed by atoms with E-state index in [-0.39, 0.29) is 5.78 Å². The SMILES string of the molecule is Cc1cncc(C(=O)c2cnccn2)c1. The Labute approximate surface area is 87.0 Å². The lowest BCUT2D eigenvalue weighted by molar-refractivity contribution is 0.103. The van der Waals surface area contributed by atoms with Crippen molar-refractivity contribution >= 4 is 5.78 Å². The maximum absolute atomic E-state index is 11.9. The zero-order valence-electron chi connectivity index (χ0n) is 8.21. The Bertz CT molecular complexity index is 482. The van der Waals surface area contributed by atoms with Gasteiger partial charge in [-0.3, -0.25) is 14.8 Å². The fourth-order valence-electron chi connectivity index (χ4n) is 1.24. The van der Waals surface area contributed by atoms with E-state index in [0.29, 0.717) is 11.3 Å². The molecule has 4 heteroatoms. The van der Waals surface area contributed by atoms with E-state index in [1.54, 1.807) is 12.3 Å². The van der Waals surface area contributed by atoms with E-state index in [2.05, 4.69) is 15.0 Å². The normalized spacial score (nSPS) is 9.93. The molecular weight excluding hydrogens is 190 g/mol. The summed E-state index contributed by atoms with van der Waals surface area (Å²) < 4.78 is 0. The predicted molar refractivity (Wildman–Crippen MR) is 54.4 cm³/mol. The van der Waals surface area contributed by atoms with Crippen molar-refractivity contribution < 1.29 is 4.79 Å². The first kappa shape index (κ1) is 9.45. The molecule has 0 saturated carbocycles. The van der Waals surface area contributed by atoms with Crippen molar-refractivity contribution in [1.82, 2.24) is 15.0 Å². The van der Waals surface area contributed by atoms with Crippen molar-refractivity contribution in [3.8, 4) is 0 Å². The quantitative estimate of drug-likeness (QED) is 0.686. The van der Waals surface area contributed by atoms with Crippen LogP contribution in [0.2, 0.25) is 0 Å². The van der Waals surface area contributed by atoms with E-state index in [0.717, 1.165) is 5.56 Å². The van der Waals surface area contributed by atoms with E-state index in [1.165, 1.54) is 24.8 Å². The van der Waals surface area contributed by atoms with Gasteiger partial charge in [0.05, 0.1) is 6.20 Å². The van der Waals surface area contributed by atoms with Gasteiger partial charge >= 0.3 is 0 Å². The summed E-state index contributed by atoms with van der Waals surface area (Å²) in [5, 5.41) is 0. The van der Waals surface area contributed by atoms with Gasteiger partial charge < -0.3 is 0 Å². The van der Waals surface area contributed by atoms with Crippen LogP contribution < -0.4 is 0 Å². The number of aryl methyl sites for hydroxylation is 1. The third-order valence-electron chi connectivity index (χ3n) is 1.93. The van der Waals surface area contributed by atoms with Crippen molar-refractivity contribution in [2.24, 2.45) is 0 Å². The van der Waals surface area contributed by atoms with E-state index < -0.39 is 0 Å². The molecule has 15 heavy (non-hydrogen) atoms. The minimum Gasteiger partial charge on any atom is -0.287 e. The molecule has 0 radical (unpaired) electrons. The predicted octanol–water partition coefficient (Wildman–Crippen LogP) is 1.41. The number of hydrogen-bond donors (Lipinski definition) is 0. The zero-order valence-corrected chi connectivity index (χ0v) is 8.21. The van der Waals surface area contributed by atoms with Crippen LogP contribution in [0.3, 0.4) is 0 Å². The third kappa shape index (κ3) is 2.04. The second-order valence-corrected chi connectivity index (χ2v) is 3.17. The molecule has 0 aromatic carbocycles. The van der Waals surface area contributed by atoms with Gasteiger partial charge in [0.2, 0.25) is 5.78 Å². The molecule has 0 aliphatic rings. The zero-order chi connectivity index (χ0) is 10.7. The van der Waals surface area contributed by atoms with Crippen LogP contribution in [0.4, 0.5) is 0 Å². The smallest absolute Gasteiger partial charge is 0.214 e. The van der Waals surface area contributed by atoms with Gasteiger partial charge in [-0.1, -0.05) is 0 Å². The Morgan fingerprint density at radius 3 is 2.67 bits per heavy atom. The first-order valence-corrected chi connectivity index (χ1v) is 4.50. The summed E-state index contributed by atoms with van der Waals surface area (Å²) in [4.78, 5) is 23.6. The van der Waals surface area contributed by atoms with Crippen LogP contribution in [-0.4, -0.2) is 20.7 Å². The van der Waals surface area contributed by atoms with Crippen LogP contribution in [0.15, 0.2) is 37.1 Å². The molecule has 0 atom stereocenters. The highest BCUT2D eigenvalue weighted by molar-refractivity contribution is 6.07. The molecule has 0 N–H and O–H groups in total. The minimum atomic E-state index is -0.153. The summed E-state index contributed by atoms with van der Waals surface area (Å²) in [5.41, 5.74) is 1.82. The van der Waals surface area contributed by atoms with Gasteiger partial charge in [0.25, 0.3) is 0 Å². The molecule has 2 heterocycles. The van der Waals surface area contributed by atoms with Crippen molar-refractivity contribution in [1.29, 1.82) is 0 Å². The standard InChI is InChI=1S/C11H9N3O/c1-8-4-9(6-13-5-8)11(15)10-7-12-2-3-14-10/h2-7H,1H3. The highest BCUT2D eigenvalue weighted by Crippen LogP contribution is 2.06. The third-order valence-corrected chi connectivity index (χ3v) is 1.93. The largest absolute Gasteiger partial charge is 0.287 e. The number of hydrogen-bond acceptors (Lipinski definition) is 4. The van der Waals surface area contributed by atoms with Gasteiger partial charge in [0.15, 0.2) is 0 Å². The maximum atomic E-state index is 11.9. The first-order chi connectivity index (χ1) is 7.27. The summed E-state index contributed by atoms with van der Waals surface area (Å²) in [6.07, 6.45) is 7.71. The second kappa shape index (κ2) is 3.96. The number of aromatic nitrogens is 3. The van der Waals surface area contributed by atoms with Crippen LogP contribution in [0.1, 0.15) is 21.6 Å². The Hall–Kier alpha value is -2.10. The molecule has 0 unspecified atom stereocenters. The van der Waals surface area contributed by atoms with Crippen LogP contribution >= 0.6 is 0 Å². The van der Waals surface area contributed by atoms with Gasteiger partial charge in [-0.25, -0.2) is 4.98 Å². The summed E-state index contributed by atoms with van der Waals surface area (Å²) in [7, 11) is 0. The van der Waals surface area contributed by atoms with Crippen LogP contribution in [0.25, 0.3) is 0 Å². The maximum Gasteiger partial charge on any atom is 0.214 e. The summed E-state index contributed by atoms with van der Waals surface area (Å²) in [5.74, 6) is -0.153. The molecule has 4 nitrogen and oxygen atoms in total. The molecule has 74 valence electrons. The molecule has 0 amide bonds. The lowest BCUT2D eigenvalue weighted by Gasteiger charge is -1.99. The molecule has 2 aromatic heterocycles. The van der Waals surface area contributed by atoms with Crippen LogP contribution in [0, 0.1) is 6.92 Å². The molecule has 0 bridgehead atoms. The summed E-state index contributed by atoms with van der Waals surface area (Å²) in [6, 6.07) is 1.78. The molecule has 0 saturated heterocycles. The lowest BCUT2D eigenvalue weighted by atomic mass is 10.1. The Balaban J connectivity index is 2.37. The molecule has 0 aliphatic carbocycles. The fraction of sp³-hybridized carbons (Fsp3) is 0.0909. The molecular formula is C11H9N3O. The van der Waals surface area contributed by atoms with Gasteiger partial charge in [-0.05, 0) is 18.6 Å². The summed E-state index contributed by atoms with van der Waals surface area (Å²) in [6.45, 7) is 1.89. The molecule has 2 rings (SSSR count). The Morgan fingerprint density at radius 2 is 2.00 bits per heavy atom. The average molecular weight is 199 g/mol. The number of pyridine rings is 1. The van der Waals surface area contributed by atoms with Crippen molar-refractivity contribution in [2.75, 3.05) is 0 Å². The van der Waals surface area contributed by atoms with Gasteiger partial charge in [0.1, 0.15) is 5.69 Å². The second-order valence-electron chi connectivity index (χ2n) is 3.17. The topological polar surface area (TPSA) is 55.7 Å². The Morgan fingerprint density at radius 1 is 1.13 bits per heavy atom. The number of ketones is 1. The molecule has 0 aliphatic heterocycles. The molecule has 0 spiro atoms. The summed E-state index contributed by atoms with van der Waals surface area (Å²) >= 11 is 0. The average Bonchev–Trinajstić information content (AvgIpc) is 2.29. The first-order valence-electron chi connectivity index (χ1n) is 4.50. The number of carbonyl (C=O) groups is 1. The van der Waals surface area contributed by atoms with Crippen LogP contribution in [0.5, 0.6) is 0 Å². The molecule has 2 aromatic rings. The Kier molecular flexibility index (Phi) is 2.49. The molecule has 0 fully saturated rings. The monoisotopic (exact) mass is 199 g/mol. The van der Waals surface area contributed by atoms with Crippen molar-refractivity contribution in [3.63, 3.8) is 0 Å². The van der Waals surface area contributed by atoms with Crippen molar-refractivity contribution in [2.45, 2.75) is 6.92 Å². The van der Waals surface area contributed by atoms with E-state index in [1.807, 2.05) is 6.92 Å². The number of carbonyl (C=O) groups excluding carboxylic acids is 1. The van der Waals surface area contributed by atoms with Crippen molar-refractivity contribution in [3.05, 3.63) is 53.9 Å². The highest BCUT2D eigenvalue weighted by Gasteiger charge is 2.10. The van der Waals surface area contributed by atoms with Gasteiger partial charge in [-0.15, -0.1) is 0 Å². The minimum absolute atomic E-state index is 0.153. The van der Waals surface area contributed by atoms with E-state index in [4.69, 9.17) is 0 Å². The van der Waals surface area contributed by atoms with E-state index in [9.17, 15) is 4.79 Å². The van der Waals surface area contributed by atoms with Crippen LogP contribution in [-0.2, 0) is 0 Å². The van der Waals surface area contributed by atoms with E-state index >= 15 is 0 Å². The van der Waals surface area contributed by atoms with Gasteiger partial charge in [-0.2, -0.15) is 0 Å². The fourth-order valence-corrected chi connectivity index (χ4v) is 1.24. The number of nitrogens with zero attached hydrogens (tertiary/aromatic N) is 3. The number of rotatable bonds is 2.